The molecule has 2 N–H and O–H groups in total. The minimum absolute atomic E-state index is 0.0452. The van der Waals surface area contributed by atoms with Gasteiger partial charge in [0.05, 0.1) is 34.5 Å². The summed E-state index contributed by atoms with van der Waals surface area (Å²) in [5, 5.41) is 5.05. The number of ether oxygens (including phenoxy) is 2. The van der Waals surface area contributed by atoms with Crippen LogP contribution in [0.4, 0.5) is 9.18 Å². The molecular formula is C21H18ClFN2O5. The van der Waals surface area contributed by atoms with E-state index in [-0.39, 0.29) is 28.5 Å². The van der Waals surface area contributed by atoms with Crippen molar-refractivity contribution in [2.24, 2.45) is 0 Å². The number of benzene rings is 2. The smallest absolute Gasteiger partial charge is 0.340 e. The maximum Gasteiger partial charge on any atom is 0.340 e. The quantitative estimate of drug-likeness (QED) is 0.681. The van der Waals surface area contributed by atoms with Crippen molar-refractivity contribution < 1.29 is 28.2 Å². The summed E-state index contributed by atoms with van der Waals surface area (Å²) in [6, 6.07) is 10.7. The number of hydrogen-bond donors (Lipinski definition) is 2. The number of esters is 2. The molecule has 0 saturated heterocycles. The predicted octanol–water partition coefficient (Wildman–Crippen LogP) is 3.51. The first-order chi connectivity index (χ1) is 14.4. The Bertz CT molecular complexity index is 1010. The van der Waals surface area contributed by atoms with Gasteiger partial charge in [0.2, 0.25) is 0 Å². The first-order valence-corrected chi connectivity index (χ1v) is 9.43. The average Bonchev–Trinajstić information content (AvgIpc) is 2.72. The van der Waals surface area contributed by atoms with Gasteiger partial charge in [-0.2, -0.15) is 0 Å². The molecule has 1 atom stereocenters. The van der Waals surface area contributed by atoms with Gasteiger partial charge in [-0.15, -0.1) is 0 Å². The van der Waals surface area contributed by atoms with Crippen molar-refractivity contribution in [3.05, 3.63) is 81.8 Å². The van der Waals surface area contributed by atoms with Gasteiger partial charge in [0.15, 0.2) is 0 Å². The number of rotatable bonds is 6. The van der Waals surface area contributed by atoms with Gasteiger partial charge >= 0.3 is 18.0 Å². The van der Waals surface area contributed by atoms with E-state index in [1.165, 1.54) is 6.07 Å². The predicted molar refractivity (Wildman–Crippen MR) is 106 cm³/mol. The molecule has 3 rings (SSSR count). The van der Waals surface area contributed by atoms with Crippen molar-refractivity contribution in [3.63, 3.8) is 0 Å². The van der Waals surface area contributed by atoms with Crippen LogP contribution in [0, 0.1) is 5.82 Å². The van der Waals surface area contributed by atoms with Crippen LogP contribution in [-0.2, 0) is 14.3 Å². The van der Waals surface area contributed by atoms with Gasteiger partial charge in [-0.3, -0.25) is 0 Å². The summed E-state index contributed by atoms with van der Waals surface area (Å²) >= 11 is 5.89. The summed E-state index contributed by atoms with van der Waals surface area (Å²) in [7, 11) is 0. The molecule has 9 heteroatoms. The van der Waals surface area contributed by atoms with E-state index in [4.69, 9.17) is 21.1 Å². The van der Waals surface area contributed by atoms with Gasteiger partial charge in [0.1, 0.15) is 12.4 Å². The molecular weight excluding hydrogens is 415 g/mol. The Balaban J connectivity index is 1.91. The lowest BCUT2D eigenvalue weighted by molar-refractivity contribution is -0.139. The molecule has 1 aliphatic rings. The maximum absolute atomic E-state index is 13.2. The molecule has 1 heterocycles. The van der Waals surface area contributed by atoms with Crippen LogP contribution in [0.2, 0.25) is 5.02 Å². The molecule has 2 aromatic carbocycles. The Morgan fingerprint density at radius 1 is 1.10 bits per heavy atom. The second kappa shape index (κ2) is 9.41. The monoisotopic (exact) mass is 432 g/mol. The van der Waals surface area contributed by atoms with Gasteiger partial charge < -0.3 is 20.1 Å². The maximum atomic E-state index is 13.2. The average molecular weight is 433 g/mol. The topological polar surface area (TPSA) is 93.7 Å². The first-order valence-electron chi connectivity index (χ1n) is 9.05. The molecule has 156 valence electrons. The number of urea groups is 1. The molecule has 0 radical (unpaired) electrons. The van der Waals surface area contributed by atoms with Crippen LogP contribution >= 0.6 is 11.6 Å². The molecule has 0 spiro atoms. The zero-order valence-electron chi connectivity index (χ0n) is 15.9. The molecule has 30 heavy (non-hydrogen) atoms. The number of halogens is 2. The minimum Gasteiger partial charge on any atom is -0.463 e. The Hall–Kier alpha value is -3.39. The molecule has 0 saturated carbocycles. The number of carbonyl (C=O) groups is 3. The summed E-state index contributed by atoms with van der Waals surface area (Å²) in [6.07, 6.45) is 0. The zero-order valence-corrected chi connectivity index (χ0v) is 16.7. The van der Waals surface area contributed by atoms with E-state index in [1.54, 1.807) is 37.3 Å². The van der Waals surface area contributed by atoms with Gasteiger partial charge in [-0.05, 0) is 30.7 Å². The van der Waals surface area contributed by atoms with Crippen LogP contribution < -0.4 is 10.6 Å². The third-order valence-corrected chi connectivity index (χ3v) is 4.59. The van der Waals surface area contributed by atoms with E-state index in [9.17, 15) is 18.8 Å². The fourth-order valence-corrected chi connectivity index (χ4v) is 3.19. The lowest BCUT2D eigenvalue weighted by Gasteiger charge is -2.29. The van der Waals surface area contributed by atoms with Crippen LogP contribution in [0.25, 0.3) is 0 Å². The lowest BCUT2D eigenvalue weighted by Crippen LogP contribution is -2.47. The second-order valence-corrected chi connectivity index (χ2v) is 6.66. The fourth-order valence-electron chi connectivity index (χ4n) is 2.95. The third kappa shape index (κ3) is 4.77. The Kier molecular flexibility index (Phi) is 6.68. The minimum atomic E-state index is -0.834. The second-order valence-electron chi connectivity index (χ2n) is 6.26. The van der Waals surface area contributed by atoms with Gasteiger partial charge in [-0.1, -0.05) is 41.9 Å². The van der Waals surface area contributed by atoms with Crippen molar-refractivity contribution in [1.29, 1.82) is 0 Å². The van der Waals surface area contributed by atoms with Crippen LogP contribution in [-0.4, -0.2) is 31.2 Å². The van der Waals surface area contributed by atoms with Gasteiger partial charge in [0, 0.05) is 0 Å². The standard InChI is InChI=1S/C21H18ClFN2O5/c1-2-29-20(27)17-16(11-30-19(26)14-9-8-13(23)10-15(14)22)24-21(28)25-18(17)12-6-4-3-5-7-12/h3-10,18H,2,11H2,1H3,(H2,24,25,28). The van der Waals surface area contributed by atoms with Crippen LogP contribution in [0.5, 0.6) is 0 Å². The SMILES string of the molecule is CCOC(=O)C1=C(COC(=O)c2ccc(F)cc2Cl)NC(=O)NC1c1ccccc1. The third-order valence-electron chi connectivity index (χ3n) is 4.28. The summed E-state index contributed by atoms with van der Waals surface area (Å²) in [4.78, 5) is 37.2. The molecule has 2 aromatic rings. The van der Waals surface area contributed by atoms with Crippen molar-refractivity contribution >= 4 is 29.6 Å². The molecule has 0 aliphatic carbocycles. The Morgan fingerprint density at radius 2 is 1.83 bits per heavy atom. The van der Waals surface area contributed by atoms with Crippen molar-refractivity contribution in [1.82, 2.24) is 10.6 Å². The van der Waals surface area contributed by atoms with Gasteiger partial charge in [0.25, 0.3) is 0 Å². The highest BCUT2D eigenvalue weighted by Gasteiger charge is 2.34. The van der Waals surface area contributed by atoms with E-state index in [0.717, 1.165) is 12.1 Å². The van der Waals surface area contributed by atoms with E-state index in [2.05, 4.69) is 10.6 Å². The molecule has 0 bridgehead atoms. The van der Waals surface area contributed by atoms with E-state index in [0.29, 0.717) is 5.56 Å². The van der Waals surface area contributed by atoms with Crippen molar-refractivity contribution in [2.75, 3.05) is 13.2 Å². The summed E-state index contributed by atoms with van der Waals surface area (Å²) in [5.41, 5.74) is 0.801. The number of nitrogens with one attached hydrogen (secondary N) is 2. The Morgan fingerprint density at radius 3 is 2.50 bits per heavy atom. The van der Waals surface area contributed by atoms with E-state index < -0.39 is 36.4 Å². The molecule has 1 aliphatic heterocycles. The summed E-state index contributed by atoms with van der Waals surface area (Å²) < 4.78 is 23.6. The highest BCUT2D eigenvalue weighted by atomic mass is 35.5. The first kappa shape index (κ1) is 21.3. The molecule has 2 amide bonds. The summed E-state index contributed by atoms with van der Waals surface area (Å²) in [6.45, 7) is 1.36. The molecule has 1 unspecified atom stereocenters. The van der Waals surface area contributed by atoms with Crippen molar-refractivity contribution in [3.8, 4) is 0 Å². The number of hydrogen-bond acceptors (Lipinski definition) is 5. The molecule has 0 aromatic heterocycles. The van der Waals surface area contributed by atoms with E-state index in [1.807, 2.05) is 0 Å². The summed E-state index contributed by atoms with van der Waals surface area (Å²) in [5.74, 6) is -2.09. The van der Waals surface area contributed by atoms with E-state index >= 15 is 0 Å². The highest BCUT2D eigenvalue weighted by molar-refractivity contribution is 6.33. The highest BCUT2D eigenvalue weighted by Crippen LogP contribution is 2.28. The number of amides is 2. The van der Waals surface area contributed by atoms with Crippen LogP contribution in [0.1, 0.15) is 28.9 Å². The normalized spacial score (nSPS) is 15.8. The lowest BCUT2D eigenvalue weighted by atomic mass is 9.95. The van der Waals surface area contributed by atoms with Gasteiger partial charge in [-0.25, -0.2) is 18.8 Å². The van der Waals surface area contributed by atoms with Crippen LogP contribution in [0.15, 0.2) is 59.8 Å². The fraction of sp³-hybridized carbons (Fsp3) is 0.190. The van der Waals surface area contributed by atoms with Crippen molar-refractivity contribution in [2.45, 2.75) is 13.0 Å². The Labute approximate surface area is 176 Å². The number of carbonyl (C=O) groups excluding carboxylic acids is 3. The van der Waals surface area contributed by atoms with Crippen LogP contribution in [0.3, 0.4) is 0 Å². The zero-order chi connectivity index (χ0) is 21.7. The molecule has 7 nitrogen and oxygen atoms in total. The molecule has 0 fully saturated rings. The largest absolute Gasteiger partial charge is 0.463 e.